The molecule has 0 spiro atoms. The van der Waals surface area contributed by atoms with E-state index in [1.807, 2.05) is 0 Å². The van der Waals surface area contributed by atoms with Crippen molar-refractivity contribution in [3.05, 3.63) is 39.6 Å². The third-order valence-electron chi connectivity index (χ3n) is 2.62. The largest absolute Gasteiger partial charge is 0.462 e. The summed E-state index contributed by atoms with van der Waals surface area (Å²) in [4.78, 5) is 11.9. The van der Waals surface area contributed by atoms with E-state index in [1.165, 1.54) is 13.0 Å². The van der Waals surface area contributed by atoms with E-state index in [9.17, 15) is 13.6 Å². The van der Waals surface area contributed by atoms with Crippen molar-refractivity contribution in [1.82, 2.24) is 5.16 Å². The van der Waals surface area contributed by atoms with Gasteiger partial charge in [-0.2, -0.15) is 0 Å². The lowest BCUT2D eigenvalue weighted by atomic mass is 10.1. The number of ether oxygens (including phenoxy) is 1. The van der Waals surface area contributed by atoms with Crippen LogP contribution in [-0.4, -0.2) is 17.7 Å². The molecule has 0 saturated carbocycles. The normalized spacial score (nSPS) is 10.7. The van der Waals surface area contributed by atoms with Crippen molar-refractivity contribution < 1.29 is 22.8 Å². The lowest BCUT2D eigenvalue weighted by Gasteiger charge is -2.06. The maximum atomic E-state index is 13.9. The summed E-state index contributed by atoms with van der Waals surface area (Å²) < 4.78 is 37.3. The Hall–Kier alpha value is -1.76. The molecule has 0 bridgehead atoms. The molecule has 1 aromatic heterocycles. The number of carbonyl (C=O) groups excluding carboxylic acids is 1. The minimum Gasteiger partial charge on any atom is -0.462 e. The topological polar surface area (TPSA) is 52.3 Å². The highest BCUT2D eigenvalue weighted by molar-refractivity contribution is 9.10. The number of rotatable bonds is 3. The minimum atomic E-state index is -1.11. The molecule has 0 aliphatic heterocycles. The monoisotopic (exact) mass is 345 g/mol. The number of hydrogen-bond donors (Lipinski definition) is 0. The molecule has 7 heteroatoms. The first-order valence-corrected chi connectivity index (χ1v) is 6.53. The predicted octanol–water partition coefficient (Wildman–Crippen LogP) is 3.87. The molecule has 0 amide bonds. The van der Waals surface area contributed by atoms with Gasteiger partial charge in [-0.05, 0) is 41.9 Å². The fraction of sp³-hybridized carbons (Fsp3) is 0.231. The van der Waals surface area contributed by atoms with Crippen LogP contribution in [0, 0.1) is 18.6 Å². The summed E-state index contributed by atoms with van der Waals surface area (Å²) in [5.74, 6) is -2.68. The van der Waals surface area contributed by atoms with E-state index in [1.54, 1.807) is 6.92 Å². The van der Waals surface area contributed by atoms with Gasteiger partial charge in [0.2, 0.25) is 0 Å². The van der Waals surface area contributed by atoms with Crippen molar-refractivity contribution in [3.63, 3.8) is 0 Å². The van der Waals surface area contributed by atoms with Crippen LogP contribution in [0.5, 0.6) is 0 Å². The van der Waals surface area contributed by atoms with E-state index >= 15 is 0 Å². The molecule has 0 aliphatic carbocycles. The van der Waals surface area contributed by atoms with Gasteiger partial charge in [0.15, 0.2) is 11.6 Å². The number of aryl methyl sites for hydroxylation is 1. The Balaban J connectivity index is 2.66. The maximum absolute atomic E-state index is 13.9. The highest BCUT2D eigenvalue weighted by atomic mass is 79.9. The molecule has 106 valence electrons. The second kappa shape index (κ2) is 5.70. The molecule has 0 unspecified atom stereocenters. The van der Waals surface area contributed by atoms with Gasteiger partial charge in [-0.25, -0.2) is 13.6 Å². The SMILES string of the molecule is CCOC(=O)c1c(-c2c(Br)ccc(F)c2F)noc1C. The van der Waals surface area contributed by atoms with Gasteiger partial charge in [0.25, 0.3) is 0 Å². The van der Waals surface area contributed by atoms with Gasteiger partial charge in [0, 0.05) is 4.47 Å². The van der Waals surface area contributed by atoms with Crippen LogP contribution >= 0.6 is 15.9 Å². The average molecular weight is 346 g/mol. The Bertz CT molecular complexity index is 670. The molecule has 1 heterocycles. The Kier molecular flexibility index (Phi) is 4.17. The van der Waals surface area contributed by atoms with Crippen LogP contribution in [-0.2, 0) is 4.74 Å². The average Bonchev–Trinajstić information content (AvgIpc) is 2.77. The standard InChI is InChI=1S/C13H10BrF2NO3/c1-3-19-13(18)9-6(2)20-17-12(9)10-7(14)4-5-8(15)11(10)16/h4-5H,3H2,1-2H3. The lowest BCUT2D eigenvalue weighted by Crippen LogP contribution is -2.07. The third kappa shape index (κ3) is 2.45. The number of aromatic nitrogens is 1. The van der Waals surface area contributed by atoms with Gasteiger partial charge < -0.3 is 9.26 Å². The molecule has 1 aromatic carbocycles. The van der Waals surface area contributed by atoms with Crippen LogP contribution in [0.25, 0.3) is 11.3 Å². The van der Waals surface area contributed by atoms with E-state index in [-0.39, 0.29) is 33.7 Å². The molecule has 2 aromatic rings. The third-order valence-corrected chi connectivity index (χ3v) is 3.28. The van der Waals surface area contributed by atoms with Crippen LogP contribution in [0.2, 0.25) is 0 Å². The minimum absolute atomic E-state index is 0.0166. The Morgan fingerprint density at radius 1 is 1.45 bits per heavy atom. The van der Waals surface area contributed by atoms with Crippen molar-refractivity contribution in [3.8, 4) is 11.3 Å². The zero-order chi connectivity index (χ0) is 14.9. The van der Waals surface area contributed by atoms with Gasteiger partial charge in [-0.3, -0.25) is 0 Å². The number of halogens is 3. The molecular formula is C13H10BrF2NO3. The summed E-state index contributed by atoms with van der Waals surface area (Å²) in [5, 5.41) is 3.64. The van der Waals surface area contributed by atoms with Crippen LogP contribution in [0.3, 0.4) is 0 Å². The molecule has 0 aliphatic rings. The fourth-order valence-corrected chi connectivity index (χ4v) is 2.22. The summed E-state index contributed by atoms with van der Waals surface area (Å²) in [6, 6.07) is 2.30. The first-order chi connectivity index (χ1) is 9.47. The second-order valence-electron chi connectivity index (χ2n) is 3.90. The number of hydrogen-bond acceptors (Lipinski definition) is 4. The molecule has 0 atom stereocenters. The number of nitrogens with zero attached hydrogens (tertiary/aromatic N) is 1. The van der Waals surface area contributed by atoms with Crippen molar-refractivity contribution in [2.75, 3.05) is 6.61 Å². The van der Waals surface area contributed by atoms with Crippen LogP contribution in [0.4, 0.5) is 8.78 Å². The second-order valence-corrected chi connectivity index (χ2v) is 4.76. The first-order valence-electron chi connectivity index (χ1n) is 5.74. The molecule has 4 nitrogen and oxygen atoms in total. The van der Waals surface area contributed by atoms with E-state index in [4.69, 9.17) is 9.26 Å². The van der Waals surface area contributed by atoms with Gasteiger partial charge >= 0.3 is 5.97 Å². The molecule has 20 heavy (non-hydrogen) atoms. The smallest absolute Gasteiger partial charge is 0.344 e. The van der Waals surface area contributed by atoms with Gasteiger partial charge in [0.05, 0.1) is 12.2 Å². The lowest BCUT2D eigenvalue weighted by molar-refractivity contribution is 0.0525. The molecule has 2 rings (SSSR count). The molecule has 0 fully saturated rings. The van der Waals surface area contributed by atoms with Crippen molar-refractivity contribution in [1.29, 1.82) is 0 Å². The highest BCUT2D eigenvalue weighted by Crippen LogP contribution is 2.35. The van der Waals surface area contributed by atoms with E-state index in [0.29, 0.717) is 0 Å². The van der Waals surface area contributed by atoms with E-state index in [2.05, 4.69) is 21.1 Å². The number of esters is 1. The Morgan fingerprint density at radius 2 is 2.15 bits per heavy atom. The highest BCUT2D eigenvalue weighted by Gasteiger charge is 2.27. The Morgan fingerprint density at radius 3 is 2.80 bits per heavy atom. The van der Waals surface area contributed by atoms with E-state index < -0.39 is 17.6 Å². The zero-order valence-electron chi connectivity index (χ0n) is 10.7. The van der Waals surface area contributed by atoms with Gasteiger partial charge in [-0.1, -0.05) is 5.16 Å². The van der Waals surface area contributed by atoms with E-state index in [0.717, 1.165) is 6.07 Å². The molecule has 0 saturated heterocycles. The summed E-state index contributed by atoms with van der Waals surface area (Å²) in [5.41, 5.74) is -0.285. The van der Waals surface area contributed by atoms with Crippen molar-refractivity contribution in [2.45, 2.75) is 13.8 Å². The number of carbonyl (C=O) groups is 1. The summed E-state index contributed by atoms with van der Waals surface area (Å²) in [6.45, 7) is 3.28. The molecule has 0 N–H and O–H groups in total. The molecule has 0 radical (unpaired) electrons. The number of benzene rings is 1. The van der Waals surface area contributed by atoms with Gasteiger partial charge in [0.1, 0.15) is 17.0 Å². The van der Waals surface area contributed by atoms with Crippen molar-refractivity contribution in [2.24, 2.45) is 0 Å². The summed E-state index contributed by atoms with van der Waals surface area (Å²) in [7, 11) is 0. The van der Waals surface area contributed by atoms with Crippen LogP contribution in [0.1, 0.15) is 23.0 Å². The van der Waals surface area contributed by atoms with Gasteiger partial charge in [-0.15, -0.1) is 0 Å². The van der Waals surface area contributed by atoms with Crippen LogP contribution < -0.4 is 0 Å². The maximum Gasteiger partial charge on any atom is 0.344 e. The fourth-order valence-electron chi connectivity index (χ4n) is 1.73. The first kappa shape index (κ1) is 14.6. The molecular weight excluding hydrogens is 336 g/mol. The zero-order valence-corrected chi connectivity index (χ0v) is 12.3. The quantitative estimate of drug-likeness (QED) is 0.625. The van der Waals surface area contributed by atoms with Crippen LogP contribution in [0.15, 0.2) is 21.1 Å². The van der Waals surface area contributed by atoms with Crippen molar-refractivity contribution >= 4 is 21.9 Å². The summed E-state index contributed by atoms with van der Waals surface area (Å²) >= 11 is 3.11. The summed E-state index contributed by atoms with van der Waals surface area (Å²) in [6.07, 6.45) is 0. The Labute approximate surface area is 121 Å². The predicted molar refractivity (Wildman–Crippen MR) is 70.2 cm³/mol.